The van der Waals surface area contributed by atoms with Crippen LogP contribution in [-0.2, 0) is 16.0 Å². The van der Waals surface area contributed by atoms with Crippen LogP contribution in [-0.4, -0.2) is 46.7 Å². The molecule has 4 rings (SSSR count). The van der Waals surface area contributed by atoms with Crippen LogP contribution in [0.1, 0.15) is 38.2 Å². The summed E-state index contributed by atoms with van der Waals surface area (Å²) in [6.45, 7) is 7.34. The Bertz CT molecular complexity index is 1440. The van der Waals surface area contributed by atoms with Gasteiger partial charge in [0.1, 0.15) is 17.4 Å². The van der Waals surface area contributed by atoms with E-state index in [0.29, 0.717) is 60.1 Å². The summed E-state index contributed by atoms with van der Waals surface area (Å²) in [6, 6.07) is 19.7. The molecule has 1 aromatic heterocycles. The average molecular weight is 518 g/mol. The maximum absolute atomic E-state index is 13.8. The monoisotopic (exact) mass is 517 g/mol. The first-order chi connectivity index (χ1) is 18.4. The molecule has 8 heteroatoms. The molecule has 7 nitrogen and oxygen atoms in total. The summed E-state index contributed by atoms with van der Waals surface area (Å²) in [4.78, 5) is 33.9. The van der Waals surface area contributed by atoms with E-state index in [4.69, 9.17) is 14.5 Å². The number of halogens is 1. The van der Waals surface area contributed by atoms with Crippen molar-refractivity contribution in [1.82, 2.24) is 14.5 Å². The van der Waals surface area contributed by atoms with E-state index in [1.807, 2.05) is 39.0 Å². The van der Waals surface area contributed by atoms with E-state index in [1.165, 1.54) is 12.1 Å². The minimum absolute atomic E-state index is 0.0810. The van der Waals surface area contributed by atoms with Crippen LogP contribution < -0.4 is 10.3 Å². The van der Waals surface area contributed by atoms with E-state index in [-0.39, 0.29) is 23.7 Å². The van der Waals surface area contributed by atoms with E-state index in [1.54, 1.807) is 51.9 Å². The van der Waals surface area contributed by atoms with Gasteiger partial charge in [0.2, 0.25) is 5.91 Å². The number of amides is 1. The van der Waals surface area contributed by atoms with Crippen molar-refractivity contribution in [2.24, 2.45) is 0 Å². The maximum atomic E-state index is 13.8. The quantitative estimate of drug-likeness (QED) is 0.259. The number of carbonyl (C=O) groups is 1. The molecule has 0 saturated heterocycles. The normalized spacial score (nSPS) is 11.9. The van der Waals surface area contributed by atoms with Crippen LogP contribution in [0.5, 0.6) is 5.75 Å². The highest BCUT2D eigenvalue weighted by atomic mass is 19.1. The molecule has 0 aliphatic carbocycles. The third kappa shape index (κ3) is 6.08. The topological polar surface area (TPSA) is 73.7 Å². The molecule has 0 fully saturated rings. The second-order valence-electron chi connectivity index (χ2n) is 8.82. The number of para-hydroxylation sites is 1. The van der Waals surface area contributed by atoms with E-state index in [9.17, 15) is 14.0 Å². The maximum Gasteiger partial charge on any atom is 0.266 e. The standard InChI is InChI=1S/C30H32FN3O4/c1-4-37-19-18-33(28(35)20-22-10-12-23(31)13-11-22)21(3)29-32-27-9-7-6-8-26(27)30(36)34(29)24-14-16-25(17-15-24)38-5-2/h6-17,21H,4-5,18-20H2,1-3H3. The van der Waals surface area contributed by atoms with Crippen molar-refractivity contribution >= 4 is 16.8 Å². The van der Waals surface area contributed by atoms with E-state index in [2.05, 4.69) is 0 Å². The lowest BCUT2D eigenvalue weighted by atomic mass is 10.1. The summed E-state index contributed by atoms with van der Waals surface area (Å²) >= 11 is 0. The van der Waals surface area contributed by atoms with Gasteiger partial charge in [0, 0.05) is 13.2 Å². The summed E-state index contributed by atoms with van der Waals surface area (Å²) < 4.78 is 26.1. The second kappa shape index (κ2) is 12.5. The molecule has 0 saturated carbocycles. The van der Waals surface area contributed by atoms with Gasteiger partial charge in [0.25, 0.3) is 5.56 Å². The molecule has 0 aliphatic rings. The third-order valence-corrected chi connectivity index (χ3v) is 6.32. The van der Waals surface area contributed by atoms with Crippen LogP contribution in [0.25, 0.3) is 16.6 Å². The zero-order chi connectivity index (χ0) is 27.1. The van der Waals surface area contributed by atoms with E-state index < -0.39 is 6.04 Å². The zero-order valence-electron chi connectivity index (χ0n) is 21.9. The van der Waals surface area contributed by atoms with Crippen LogP contribution in [0.4, 0.5) is 4.39 Å². The van der Waals surface area contributed by atoms with Crippen molar-refractivity contribution in [2.75, 3.05) is 26.4 Å². The minimum Gasteiger partial charge on any atom is -0.494 e. The Labute approximate surface area is 221 Å². The SMILES string of the molecule is CCOCCN(C(=O)Cc1ccc(F)cc1)C(C)c1nc2ccccc2c(=O)n1-c1ccc(OCC)cc1. The molecule has 1 amide bonds. The van der Waals surface area contributed by atoms with Crippen LogP contribution in [0.15, 0.2) is 77.6 Å². The Morgan fingerprint density at radius 2 is 1.71 bits per heavy atom. The summed E-state index contributed by atoms with van der Waals surface area (Å²) in [6.07, 6.45) is 0.0810. The molecule has 38 heavy (non-hydrogen) atoms. The molecule has 1 heterocycles. The van der Waals surface area contributed by atoms with Crippen molar-refractivity contribution in [1.29, 1.82) is 0 Å². The summed E-state index contributed by atoms with van der Waals surface area (Å²) in [7, 11) is 0. The zero-order valence-corrected chi connectivity index (χ0v) is 21.9. The largest absolute Gasteiger partial charge is 0.494 e. The number of aromatic nitrogens is 2. The van der Waals surface area contributed by atoms with E-state index >= 15 is 0 Å². The highest BCUT2D eigenvalue weighted by Gasteiger charge is 2.27. The van der Waals surface area contributed by atoms with Crippen molar-refractivity contribution in [2.45, 2.75) is 33.2 Å². The van der Waals surface area contributed by atoms with Crippen molar-refractivity contribution in [3.63, 3.8) is 0 Å². The number of fused-ring (bicyclic) bond motifs is 1. The van der Waals surface area contributed by atoms with Crippen molar-refractivity contribution in [3.8, 4) is 11.4 Å². The Balaban J connectivity index is 1.79. The smallest absolute Gasteiger partial charge is 0.266 e. The predicted molar refractivity (Wildman–Crippen MR) is 145 cm³/mol. The first-order valence-corrected chi connectivity index (χ1v) is 12.8. The van der Waals surface area contributed by atoms with Gasteiger partial charge < -0.3 is 14.4 Å². The van der Waals surface area contributed by atoms with Crippen LogP contribution in [0.2, 0.25) is 0 Å². The van der Waals surface area contributed by atoms with Gasteiger partial charge in [-0.05, 0) is 74.9 Å². The second-order valence-corrected chi connectivity index (χ2v) is 8.82. The van der Waals surface area contributed by atoms with Gasteiger partial charge in [-0.25, -0.2) is 9.37 Å². The Morgan fingerprint density at radius 3 is 2.39 bits per heavy atom. The summed E-state index contributed by atoms with van der Waals surface area (Å²) in [5, 5.41) is 0.482. The first-order valence-electron chi connectivity index (χ1n) is 12.8. The lowest BCUT2D eigenvalue weighted by Gasteiger charge is -2.30. The van der Waals surface area contributed by atoms with Gasteiger partial charge >= 0.3 is 0 Å². The molecular weight excluding hydrogens is 485 g/mol. The lowest BCUT2D eigenvalue weighted by molar-refractivity contribution is -0.133. The van der Waals surface area contributed by atoms with Gasteiger partial charge in [-0.15, -0.1) is 0 Å². The third-order valence-electron chi connectivity index (χ3n) is 6.32. The highest BCUT2D eigenvalue weighted by Crippen LogP contribution is 2.25. The van der Waals surface area contributed by atoms with Crippen molar-refractivity contribution in [3.05, 3.63) is 100 Å². The summed E-state index contributed by atoms with van der Waals surface area (Å²) in [5.74, 6) is 0.592. The van der Waals surface area contributed by atoms with Gasteiger partial charge in [-0.1, -0.05) is 24.3 Å². The van der Waals surface area contributed by atoms with Crippen molar-refractivity contribution < 1.29 is 18.7 Å². The number of benzene rings is 3. The molecule has 0 bridgehead atoms. The van der Waals surface area contributed by atoms with E-state index in [0.717, 1.165) is 0 Å². The number of nitrogens with zero attached hydrogens (tertiary/aromatic N) is 3. The Morgan fingerprint density at radius 1 is 1.00 bits per heavy atom. The first kappa shape index (κ1) is 27.0. The van der Waals surface area contributed by atoms with Gasteiger partial charge in [-0.2, -0.15) is 0 Å². The van der Waals surface area contributed by atoms with Crippen LogP contribution in [0, 0.1) is 5.82 Å². The number of hydrogen-bond acceptors (Lipinski definition) is 5. The number of ether oxygens (including phenoxy) is 2. The van der Waals surface area contributed by atoms with Gasteiger partial charge in [-0.3, -0.25) is 14.2 Å². The average Bonchev–Trinajstić information content (AvgIpc) is 2.93. The fourth-order valence-electron chi connectivity index (χ4n) is 4.40. The Hall–Kier alpha value is -4.04. The predicted octanol–water partition coefficient (Wildman–Crippen LogP) is 5.09. The molecule has 4 aromatic rings. The van der Waals surface area contributed by atoms with Crippen LogP contribution >= 0.6 is 0 Å². The number of hydrogen-bond donors (Lipinski definition) is 0. The van der Waals surface area contributed by atoms with Gasteiger partial charge in [0.05, 0.1) is 42.3 Å². The van der Waals surface area contributed by atoms with Crippen LogP contribution in [0.3, 0.4) is 0 Å². The minimum atomic E-state index is -0.563. The number of rotatable bonds is 11. The number of carbonyl (C=O) groups excluding carboxylic acids is 1. The highest BCUT2D eigenvalue weighted by molar-refractivity contribution is 5.80. The molecule has 0 N–H and O–H groups in total. The molecular formula is C30H32FN3O4. The fourth-order valence-corrected chi connectivity index (χ4v) is 4.40. The lowest BCUT2D eigenvalue weighted by Crippen LogP contribution is -2.40. The molecule has 0 spiro atoms. The molecule has 0 radical (unpaired) electrons. The molecule has 0 aliphatic heterocycles. The Kier molecular flexibility index (Phi) is 8.86. The molecule has 1 unspecified atom stereocenters. The molecule has 3 aromatic carbocycles. The fraction of sp³-hybridized carbons (Fsp3) is 0.300. The molecule has 198 valence electrons. The van der Waals surface area contributed by atoms with Gasteiger partial charge in [0.15, 0.2) is 0 Å². The molecule has 1 atom stereocenters. The summed E-state index contributed by atoms with van der Waals surface area (Å²) in [5.41, 5.74) is 1.64.